The van der Waals surface area contributed by atoms with Crippen LogP contribution in [0.1, 0.15) is 23.9 Å². The molecule has 2 heterocycles. The molecule has 2 rings (SSSR count). The number of hydrogen-bond donors (Lipinski definition) is 2. The predicted molar refractivity (Wildman–Crippen MR) is 108 cm³/mol. The van der Waals surface area contributed by atoms with Crippen LogP contribution in [0.15, 0.2) is 46.7 Å². The first-order valence-corrected chi connectivity index (χ1v) is 7.89. The number of hydrogen-bond acceptors (Lipinski definition) is 3. The molecule has 2 aromatic rings. The minimum atomic E-state index is 0. The van der Waals surface area contributed by atoms with E-state index in [9.17, 15) is 0 Å². The zero-order valence-corrected chi connectivity index (χ0v) is 16.6. The number of aryl methyl sites for hydroxylation is 2. The van der Waals surface area contributed by atoms with Crippen molar-refractivity contribution in [1.29, 1.82) is 0 Å². The summed E-state index contributed by atoms with van der Waals surface area (Å²) in [4.78, 5) is 4.63. The second-order valence-corrected chi connectivity index (χ2v) is 5.22. The van der Waals surface area contributed by atoms with Gasteiger partial charge in [0.25, 0.3) is 0 Å². The Labute approximate surface area is 160 Å². The summed E-state index contributed by atoms with van der Waals surface area (Å²) >= 11 is 0. The normalized spacial score (nSPS) is 11.0. The van der Waals surface area contributed by atoms with E-state index in [-0.39, 0.29) is 24.0 Å². The van der Waals surface area contributed by atoms with E-state index in [1.165, 1.54) is 0 Å². The smallest absolute Gasteiger partial charge is 0.191 e. The summed E-state index contributed by atoms with van der Waals surface area (Å²) in [6.07, 6.45) is 7.25. The van der Waals surface area contributed by atoms with E-state index in [0.29, 0.717) is 13.1 Å². The Hall–Kier alpha value is -1.77. The molecule has 0 radical (unpaired) electrons. The molecule has 0 spiro atoms. The molecule has 0 aromatic carbocycles. The second kappa shape index (κ2) is 10.9. The monoisotopic (exact) mass is 443 g/mol. The molecule has 24 heavy (non-hydrogen) atoms. The van der Waals surface area contributed by atoms with Crippen molar-refractivity contribution in [2.24, 2.45) is 12.0 Å². The lowest BCUT2D eigenvalue weighted by Gasteiger charge is -2.10. The SMILES string of the molecule is C=CCNC(=NCc1cn(C)nc1CC)NCCc1ccco1.I. The third-order valence-electron chi connectivity index (χ3n) is 3.39. The minimum absolute atomic E-state index is 0. The summed E-state index contributed by atoms with van der Waals surface area (Å²) < 4.78 is 7.17. The molecule has 0 fully saturated rings. The molecule has 0 bridgehead atoms. The van der Waals surface area contributed by atoms with Gasteiger partial charge < -0.3 is 15.1 Å². The molecule has 6 nitrogen and oxygen atoms in total. The van der Waals surface area contributed by atoms with Gasteiger partial charge in [0.2, 0.25) is 0 Å². The minimum Gasteiger partial charge on any atom is -0.469 e. The van der Waals surface area contributed by atoms with Crippen LogP contribution in [0.2, 0.25) is 0 Å². The third kappa shape index (κ3) is 6.38. The van der Waals surface area contributed by atoms with Gasteiger partial charge in [-0.3, -0.25) is 4.68 Å². The van der Waals surface area contributed by atoms with E-state index in [1.54, 1.807) is 6.26 Å². The third-order valence-corrected chi connectivity index (χ3v) is 3.39. The van der Waals surface area contributed by atoms with Crippen LogP contribution >= 0.6 is 24.0 Å². The highest BCUT2D eigenvalue weighted by Crippen LogP contribution is 2.08. The van der Waals surface area contributed by atoms with Gasteiger partial charge in [0.1, 0.15) is 5.76 Å². The van der Waals surface area contributed by atoms with Gasteiger partial charge >= 0.3 is 0 Å². The van der Waals surface area contributed by atoms with Crippen molar-refractivity contribution in [3.63, 3.8) is 0 Å². The van der Waals surface area contributed by atoms with Crippen LogP contribution in [-0.4, -0.2) is 28.8 Å². The molecular weight excluding hydrogens is 417 g/mol. The fraction of sp³-hybridized carbons (Fsp3) is 0.412. The average molecular weight is 443 g/mol. The van der Waals surface area contributed by atoms with Gasteiger partial charge in [0.05, 0.1) is 18.5 Å². The number of furan rings is 1. The van der Waals surface area contributed by atoms with Gasteiger partial charge in [-0.15, -0.1) is 30.6 Å². The highest BCUT2D eigenvalue weighted by atomic mass is 127. The largest absolute Gasteiger partial charge is 0.469 e. The predicted octanol–water partition coefficient (Wildman–Crippen LogP) is 2.66. The summed E-state index contributed by atoms with van der Waals surface area (Å²) in [5.74, 6) is 1.73. The fourth-order valence-electron chi connectivity index (χ4n) is 2.28. The summed E-state index contributed by atoms with van der Waals surface area (Å²) in [5.41, 5.74) is 2.25. The van der Waals surface area contributed by atoms with Gasteiger partial charge in [0, 0.05) is 38.3 Å². The molecule has 2 N–H and O–H groups in total. The second-order valence-electron chi connectivity index (χ2n) is 5.22. The van der Waals surface area contributed by atoms with E-state index < -0.39 is 0 Å². The summed E-state index contributed by atoms with van der Waals surface area (Å²) in [6.45, 7) is 7.86. The first-order chi connectivity index (χ1) is 11.2. The van der Waals surface area contributed by atoms with Crippen molar-refractivity contribution in [3.05, 3.63) is 54.3 Å². The number of aliphatic imine (C=N–C) groups is 1. The Morgan fingerprint density at radius 3 is 2.96 bits per heavy atom. The molecule has 0 saturated carbocycles. The number of nitrogens with one attached hydrogen (secondary N) is 2. The van der Waals surface area contributed by atoms with Crippen LogP contribution in [0.5, 0.6) is 0 Å². The summed E-state index contributed by atoms with van der Waals surface area (Å²) in [5, 5.41) is 11.0. The van der Waals surface area contributed by atoms with Gasteiger partial charge in [-0.1, -0.05) is 13.0 Å². The molecule has 0 saturated heterocycles. The Bertz CT molecular complexity index is 633. The van der Waals surface area contributed by atoms with Crippen molar-refractivity contribution >= 4 is 29.9 Å². The molecule has 2 aromatic heterocycles. The Balaban J connectivity index is 0.00000288. The number of halogens is 1. The van der Waals surface area contributed by atoms with E-state index in [2.05, 4.69) is 34.2 Å². The molecule has 0 aliphatic rings. The summed E-state index contributed by atoms with van der Waals surface area (Å²) in [7, 11) is 1.94. The number of nitrogens with zero attached hydrogens (tertiary/aromatic N) is 3. The van der Waals surface area contributed by atoms with Crippen LogP contribution < -0.4 is 10.6 Å². The van der Waals surface area contributed by atoms with E-state index in [0.717, 1.165) is 42.4 Å². The van der Waals surface area contributed by atoms with Crippen LogP contribution in [0.3, 0.4) is 0 Å². The maximum Gasteiger partial charge on any atom is 0.191 e. The standard InChI is InChI=1S/C17H25N5O.HI/c1-4-9-18-17(19-10-8-15-7-6-11-23-15)20-12-14-13-22(3)21-16(14)5-2;/h4,6-7,11,13H,1,5,8-10,12H2,2-3H3,(H2,18,19,20);1H. The van der Waals surface area contributed by atoms with Crippen molar-refractivity contribution in [1.82, 2.24) is 20.4 Å². The molecule has 0 aliphatic carbocycles. The lowest BCUT2D eigenvalue weighted by Crippen LogP contribution is -2.38. The van der Waals surface area contributed by atoms with E-state index in [1.807, 2.05) is 36.1 Å². The molecule has 0 unspecified atom stereocenters. The highest BCUT2D eigenvalue weighted by Gasteiger charge is 2.06. The van der Waals surface area contributed by atoms with Crippen LogP contribution in [-0.2, 0) is 26.4 Å². The van der Waals surface area contributed by atoms with Crippen molar-refractivity contribution in [2.45, 2.75) is 26.3 Å². The Kier molecular flexibility index (Phi) is 9.21. The van der Waals surface area contributed by atoms with Gasteiger partial charge in [-0.05, 0) is 18.6 Å². The van der Waals surface area contributed by atoms with Crippen LogP contribution in [0.4, 0.5) is 0 Å². The molecule has 0 aliphatic heterocycles. The first-order valence-electron chi connectivity index (χ1n) is 7.89. The summed E-state index contributed by atoms with van der Waals surface area (Å²) in [6, 6.07) is 3.87. The zero-order chi connectivity index (χ0) is 16.5. The number of rotatable bonds is 8. The van der Waals surface area contributed by atoms with E-state index in [4.69, 9.17) is 4.42 Å². The van der Waals surface area contributed by atoms with Crippen molar-refractivity contribution < 1.29 is 4.42 Å². The van der Waals surface area contributed by atoms with Crippen LogP contribution in [0.25, 0.3) is 0 Å². The number of guanidine groups is 1. The lowest BCUT2D eigenvalue weighted by molar-refractivity contribution is 0.507. The van der Waals surface area contributed by atoms with Gasteiger partial charge in [0.15, 0.2) is 5.96 Å². The first kappa shape index (κ1) is 20.3. The van der Waals surface area contributed by atoms with Crippen molar-refractivity contribution in [3.8, 4) is 0 Å². The molecule has 132 valence electrons. The van der Waals surface area contributed by atoms with Crippen molar-refractivity contribution in [2.75, 3.05) is 13.1 Å². The topological polar surface area (TPSA) is 67.4 Å². The molecule has 0 atom stereocenters. The van der Waals surface area contributed by atoms with Gasteiger partial charge in [-0.2, -0.15) is 5.10 Å². The average Bonchev–Trinajstić information content (AvgIpc) is 3.18. The Morgan fingerprint density at radius 2 is 2.29 bits per heavy atom. The molecular formula is C17H26IN5O. The number of aromatic nitrogens is 2. The fourth-order valence-corrected chi connectivity index (χ4v) is 2.28. The highest BCUT2D eigenvalue weighted by molar-refractivity contribution is 14.0. The van der Waals surface area contributed by atoms with Gasteiger partial charge in [-0.25, -0.2) is 4.99 Å². The quantitative estimate of drug-likeness (QED) is 0.285. The maximum atomic E-state index is 5.33. The lowest BCUT2D eigenvalue weighted by atomic mass is 10.2. The molecule has 7 heteroatoms. The zero-order valence-electron chi connectivity index (χ0n) is 14.3. The van der Waals surface area contributed by atoms with E-state index >= 15 is 0 Å². The Morgan fingerprint density at radius 1 is 1.46 bits per heavy atom. The maximum absolute atomic E-state index is 5.33. The molecule has 0 amide bonds. The van der Waals surface area contributed by atoms with Crippen LogP contribution in [0, 0.1) is 0 Å².